The summed E-state index contributed by atoms with van der Waals surface area (Å²) in [6.07, 6.45) is 0.731. The van der Waals surface area contributed by atoms with Gasteiger partial charge in [0.05, 0.1) is 22.9 Å². The van der Waals surface area contributed by atoms with Crippen LogP contribution in [0.2, 0.25) is 5.02 Å². The molecule has 0 spiro atoms. The highest BCUT2D eigenvalue weighted by molar-refractivity contribution is 6.33. The first kappa shape index (κ1) is 23.2. The van der Waals surface area contributed by atoms with Crippen LogP contribution in [-0.2, 0) is 17.8 Å². The third-order valence-electron chi connectivity index (χ3n) is 5.90. The minimum atomic E-state index is -0.0285. The molecule has 0 saturated carbocycles. The van der Waals surface area contributed by atoms with Crippen LogP contribution in [0.1, 0.15) is 38.6 Å². The van der Waals surface area contributed by atoms with Gasteiger partial charge in [-0.2, -0.15) is 0 Å². The van der Waals surface area contributed by atoms with Crippen LogP contribution in [0, 0.1) is 13.8 Å². The molecule has 1 saturated heterocycles. The molecule has 1 aliphatic rings. The fourth-order valence-electron chi connectivity index (χ4n) is 4.29. The molecular weight excluding hydrogens is 436 g/mol. The van der Waals surface area contributed by atoms with Crippen molar-refractivity contribution >= 4 is 23.3 Å². The van der Waals surface area contributed by atoms with Crippen LogP contribution < -0.4 is 4.90 Å². The van der Waals surface area contributed by atoms with Crippen LogP contribution in [-0.4, -0.2) is 54.1 Å². The number of rotatable bonds is 6. The van der Waals surface area contributed by atoms with Crippen LogP contribution in [0.25, 0.3) is 0 Å². The number of benzene rings is 2. The number of hydrogen-bond donors (Lipinski definition) is 0. The molecule has 1 aromatic heterocycles. The maximum absolute atomic E-state index is 13.0. The van der Waals surface area contributed by atoms with Crippen LogP contribution in [0.15, 0.2) is 48.5 Å². The van der Waals surface area contributed by atoms with E-state index in [9.17, 15) is 4.79 Å². The number of carbonyl (C=O) groups is 1. The van der Waals surface area contributed by atoms with Gasteiger partial charge < -0.3 is 14.5 Å². The number of aromatic nitrogens is 2. The summed E-state index contributed by atoms with van der Waals surface area (Å²) in [4.78, 5) is 26.6. The molecule has 7 heteroatoms. The zero-order valence-corrected chi connectivity index (χ0v) is 20.1. The molecule has 1 aliphatic heterocycles. The van der Waals surface area contributed by atoms with E-state index in [4.69, 9.17) is 21.3 Å². The highest BCUT2D eigenvalue weighted by Gasteiger charge is 2.26. The van der Waals surface area contributed by atoms with E-state index in [2.05, 4.69) is 41.1 Å². The van der Waals surface area contributed by atoms with E-state index in [1.807, 2.05) is 24.0 Å². The zero-order valence-electron chi connectivity index (χ0n) is 19.3. The molecule has 0 radical (unpaired) electrons. The second kappa shape index (κ2) is 10.3. The minimum absolute atomic E-state index is 0.0285. The maximum Gasteiger partial charge on any atom is 0.255 e. The molecular formula is C26H29ClN4O2. The van der Waals surface area contributed by atoms with Crippen LogP contribution in [0.5, 0.6) is 0 Å². The highest BCUT2D eigenvalue weighted by Crippen LogP contribution is 2.27. The molecule has 33 heavy (non-hydrogen) atoms. The van der Waals surface area contributed by atoms with Crippen molar-refractivity contribution in [2.75, 3.05) is 38.2 Å². The fourth-order valence-corrected chi connectivity index (χ4v) is 4.51. The lowest BCUT2D eigenvalue weighted by atomic mass is 10.0. The van der Waals surface area contributed by atoms with E-state index in [0.717, 1.165) is 29.3 Å². The van der Waals surface area contributed by atoms with E-state index >= 15 is 0 Å². The molecule has 0 bridgehead atoms. The van der Waals surface area contributed by atoms with Crippen LogP contribution in [0.4, 0.5) is 5.82 Å². The number of hydrogen-bond acceptors (Lipinski definition) is 5. The minimum Gasteiger partial charge on any atom is -0.378 e. The SMILES string of the molecule is COCc1nc(C)nc(N2CCN(C(=O)c3ccccc3Cl)CC2)c1Cc1cccc(C)c1. The van der Waals surface area contributed by atoms with Crippen molar-refractivity contribution in [3.05, 3.63) is 87.3 Å². The van der Waals surface area contributed by atoms with E-state index in [1.165, 1.54) is 11.1 Å². The monoisotopic (exact) mass is 464 g/mol. The lowest BCUT2D eigenvalue weighted by Gasteiger charge is -2.36. The summed E-state index contributed by atoms with van der Waals surface area (Å²) < 4.78 is 5.46. The van der Waals surface area contributed by atoms with Gasteiger partial charge in [-0.3, -0.25) is 4.79 Å². The summed E-state index contributed by atoms with van der Waals surface area (Å²) in [6, 6.07) is 15.7. The largest absolute Gasteiger partial charge is 0.378 e. The van der Waals surface area contributed by atoms with Crippen molar-refractivity contribution in [1.29, 1.82) is 0 Å². The Bertz CT molecular complexity index is 1140. The van der Waals surface area contributed by atoms with Crippen molar-refractivity contribution in [3.8, 4) is 0 Å². The first-order chi connectivity index (χ1) is 16.0. The van der Waals surface area contributed by atoms with Gasteiger partial charge in [0.15, 0.2) is 0 Å². The van der Waals surface area contributed by atoms with Gasteiger partial charge in [0.25, 0.3) is 5.91 Å². The number of methoxy groups -OCH3 is 1. The Morgan fingerprint density at radius 1 is 1.03 bits per heavy atom. The Kier molecular flexibility index (Phi) is 7.26. The van der Waals surface area contributed by atoms with Crippen molar-refractivity contribution in [1.82, 2.24) is 14.9 Å². The predicted octanol–water partition coefficient (Wildman–Crippen LogP) is 4.45. The van der Waals surface area contributed by atoms with Crippen LogP contribution in [0.3, 0.4) is 0 Å². The van der Waals surface area contributed by atoms with E-state index in [-0.39, 0.29) is 5.91 Å². The van der Waals surface area contributed by atoms with Gasteiger partial charge in [0.1, 0.15) is 11.6 Å². The third-order valence-corrected chi connectivity index (χ3v) is 6.23. The standard InChI is InChI=1S/C26H29ClN4O2/c1-18-7-6-8-20(15-18)16-22-24(17-33-3)28-19(2)29-25(22)30-11-13-31(14-12-30)26(32)21-9-4-5-10-23(21)27/h4-10,15H,11-14,16-17H2,1-3H3. The second-order valence-corrected chi connectivity index (χ2v) is 8.78. The number of aryl methyl sites for hydroxylation is 2. The Morgan fingerprint density at radius 3 is 2.48 bits per heavy atom. The molecule has 2 aromatic carbocycles. The van der Waals surface area contributed by atoms with Gasteiger partial charge in [0.2, 0.25) is 0 Å². The zero-order chi connectivity index (χ0) is 23.4. The molecule has 0 N–H and O–H groups in total. The number of halogens is 1. The molecule has 1 amide bonds. The van der Waals surface area contributed by atoms with Gasteiger partial charge in [-0.25, -0.2) is 9.97 Å². The molecule has 1 fully saturated rings. The number of amides is 1. The topological polar surface area (TPSA) is 58.6 Å². The van der Waals surface area contributed by atoms with Gasteiger partial charge >= 0.3 is 0 Å². The van der Waals surface area contributed by atoms with Crippen molar-refractivity contribution in [2.45, 2.75) is 26.9 Å². The number of piperazine rings is 1. The fraction of sp³-hybridized carbons (Fsp3) is 0.346. The molecule has 0 atom stereocenters. The summed E-state index contributed by atoms with van der Waals surface area (Å²) in [5.74, 6) is 1.62. The number of ether oxygens (including phenoxy) is 1. The average molecular weight is 465 g/mol. The molecule has 4 rings (SSSR count). The summed E-state index contributed by atoms with van der Waals surface area (Å²) in [6.45, 7) is 7.05. The Morgan fingerprint density at radius 2 is 1.79 bits per heavy atom. The van der Waals surface area contributed by atoms with Gasteiger partial charge in [0, 0.05) is 45.3 Å². The quantitative estimate of drug-likeness (QED) is 0.539. The first-order valence-corrected chi connectivity index (χ1v) is 11.5. The summed E-state index contributed by atoms with van der Waals surface area (Å²) in [7, 11) is 1.69. The second-order valence-electron chi connectivity index (χ2n) is 8.38. The summed E-state index contributed by atoms with van der Waals surface area (Å²) in [5, 5.41) is 0.487. The molecule has 0 aliphatic carbocycles. The summed E-state index contributed by atoms with van der Waals surface area (Å²) >= 11 is 6.25. The average Bonchev–Trinajstić information content (AvgIpc) is 2.81. The van der Waals surface area contributed by atoms with E-state index < -0.39 is 0 Å². The number of nitrogens with zero attached hydrogens (tertiary/aromatic N) is 4. The predicted molar refractivity (Wildman–Crippen MR) is 131 cm³/mol. The Labute approximate surface area is 200 Å². The van der Waals surface area contributed by atoms with Gasteiger partial charge in [-0.05, 0) is 31.5 Å². The smallest absolute Gasteiger partial charge is 0.255 e. The van der Waals surface area contributed by atoms with E-state index in [0.29, 0.717) is 43.4 Å². The van der Waals surface area contributed by atoms with Crippen molar-refractivity contribution < 1.29 is 9.53 Å². The lowest BCUT2D eigenvalue weighted by Crippen LogP contribution is -2.49. The van der Waals surface area contributed by atoms with Crippen molar-refractivity contribution in [3.63, 3.8) is 0 Å². The molecule has 2 heterocycles. The number of carbonyl (C=O) groups excluding carboxylic acids is 1. The summed E-state index contributed by atoms with van der Waals surface area (Å²) in [5.41, 5.74) is 4.98. The van der Waals surface area contributed by atoms with Crippen LogP contribution >= 0.6 is 11.6 Å². The molecule has 6 nitrogen and oxygen atoms in total. The Balaban J connectivity index is 1.58. The highest BCUT2D eigenvalue weighted by atomic mass is 35.5. The molecule has 0 unspecified atom stereocenters. The normalized spacial score (nSPS) is 13.9. The third kappa shape index (κ3) is 5.34. The maximum atomic E-state index is 13.0. The lowest BCUT2D eigenvalue weighted by molar-refractivity contribution is 0.0746. The first-order valence-electron chi connectivity index (χ1n) is 11.2. The van der Waals surface area contributed by atoms with E-state index in [1.54, 1.807) is 19.2 Å². The van der Waals surface area contributed by atoms with Gasteiger partial charge in [-0.1, -0.05) is 53.6 Å². The number of anilines is 1. The van der Waals surface area contributed by atoms with Gasteiger partial charge in [-0.15, -0.1) is 0 Å². The van der Waals surface area contributed by atoms with Crippen molar-refractivity contribution in [2.24, 2.45) is 0 Å². The molecule has 172 valence electrons. The Hall–Kier alpha value is -2.96. The molecule has 3 aromatic rings.